The molecule has 0 radical (unpaired) electrons. The minimum absolute atomic E-state index is 0.00486. The summed E-state index contributed by atoms with van der Waals surface area (Å²) in [4.78, 5) is 26.4. The first-order valence-corrected chi connectivity index (χ1v) is 10.1. The molecule has 6 nitrogen and oxygen atoms in total. The molecule has 0 aromatic heterocycles. The molecule has 1 heterocycles. The van der Waals surface area contributed by atoms with Crippen LogP contribution in [0.5, 0.6) is 11.5 Å². The third-order valence-electron chi connectivity index (χ3n) is 5.10. The summed E-state index contributed by atoms with van der Waals surface area (Å²) in [6.07, 6.45) is 1.60. The number of anilines is 2. The monoisotopic (exact) mass is 396 g/mol. The van der Waals surface area contributed by atoms with E-state index in [0.717, 1.165) is 24.2 Å². The van der Waals surface area contributed by atoms with Gasteiger partial charge < -0.3 is 19.7 Å². The van der Waals surface area contributed by atoms with Gasteiger partial charge in [0.1, 0.15) is 18.1 Å². The third-order valence-corrected chi connectivity index (χ3v) is 5.10. The molecule has 0 spiro atoms. The first kappa shape index (κ1) is 20.7. The second-order valence-electron chi connectivity index (χ2n) is 7.18. The van der Waals surface area contributed by atoms with Crippen molar-refractivity contribution in [1.82, 2.24) is 0 Å². The zero-order chi connectivity index (χ0) is 20.8. The largest absolute Gasteiger partial charge is 0.492 e. The van der Waals surface area contributed by atoms with Crippen molar-refractivity contribution in [2.24, 2.45) is 5.92 Å². The molecular weight excluding hydrogens is 368 g/mol. The van der Waals surface area contributed by atoms with E-state index in [4.69, 9.17) is 9.47 Å². The predicted octanol–water partition coefficient (Wildman–Crippen LogP) is 4.17. The lowest BCUT2D eigenvalue weighted by Crippen LogP contribution is -2.41. The van der Waals surface area contributed by atoms with Gasteiger partial charge in [-0.2, -0.15) is 0 Å². The van der Waals surface area contributed by atoms with Crippen molar-refractivity contribution >= 4 is 23.2 Å². The third kappa shape index (κ3) is 5.08. The van der Waals surface area contributed by atoms with Crippen LogP contribution in [-0.4, -0.2) is 31.6 Å². The Balaban J connectivity index is 1.67. The zero-order valence-electron chi connectivity index (χ0n) is 17.2. The Bertz CT molecular complexity index is 877. The fraction of sp³-hybridized carbons (Fsp3) is 0.391. The fourth-order valence-electron chi connectivity index (χ4n) is 3.39. The lowest BCUT2D eigenvalue weighted by molar-refractivity contribution is -0.121. The number of carbonyl (C=O) groups is 2. The van der Waals surface area contributed by atoms with Gasteiger partial charge >= 0.3 is 0 Å². The fourth-order valence-corrected chi connectivity index (χ4v) is 3.39. The summed E-state index contributed by atoms with van der Waals surface area (Å²) in [6.45, 7) is 6.79. The molecule has 1 aliphatic heterocycles. The van der Waals surface area contributed by atoms with Crippen LogP contribution < -0.4 is 19.7 Å². The quantitative estimate of drug-likeness (QED) is 0.727. The maximum Gasteiger partial charge on any atom is 0.265 e. The van der Waals surface area contributed by atoms with Gasteiger partial charge in [0, 0.05) is 17.7 Å². The number of fused-ring (bicyclic) bond motifs is 1. The maximum atomic E-state index is 12.4. The van der Waals surface area contributed by atoms with Crippen molar-refractivity contribution in [2.45, 2.75) is 33.6 Å². The van der Waals surface area contributed by atoms with Crippen molar-refractivity contribution in [1.29, 1.82) is 0 Å². The molecule has 0 saturated heterocycles. The zero-order valence-corrected chi connectivity index (χ0v) is 17.2. The molecule has 0 atom stereocenters. The summed E-state index contributed by atoms with van der Waals surface area (Å²) >= 11 is 0. The first-order valence-electron chi connectivity index (χ1n) is 10.1. The summed E-state index contributed by atoms with van der Waals surface area (Å²) in [5.74, 6) is 1.25. The molecule has 0 saturated carbocycles. The van der Waals surface area contributed by atoms with Crippen LogP contribution in [-0.2, 0) is 9.59 Å². The lowest BCUT2D eigenvalue weighted by atomic mass is 10.0. The number of benzene rings is 2. The van der Waals surface area contributed by atoms with E-state index < -0.39 is 0 Å². The molecule has 0 aliphatic carbocycles. The Morgan fingerprint density at radius 1 is 1.21 bits per heavy atom. The second-order valence-corrected chi connectivity index (χ2v) is 7.18. The highest BCUT2D eigenvalue weighted by Gasteiger charge is 2.26. The SMILES string of the molecule is CCC(CC)C(=O)Nc1ccc2c(c1)OCC(=O)N2CCOc1cccc(C)c1. The van der Waals surface area contributed by atoms with Crippen molar-refractivity contribution in [3.8, 4) is 11.5 Å². The van der Waals surface area contributed by atoms with Crippen LogP contribution in [0.25, 0.3) is 0 Å². The number of amides is 2. The van der Waals surface area contributed by atoms with E-state index in [-0.39, 0.29) is 24.3 Å². The molecule has 1 aliphatic rings. The number of nitrogens with zero attached hydrogens (tertiary/aromatic N) is 1. The van der Waals surface area contributed by atoms with Gasteiger partial charge in [0.25, 0.3) is 5.91 Å². The van der Waals surface area contributed by atoms with E-state index in [1.54, 1.807) is 17.0 Å². The van der Waals surface area contributed by atoms with E-state index in [9.17, 15) is 9.59 Å². The number of ether oxygens (including phenoxy) is 2. The molecule has 2 amide bonds. The van der Waals surface area contributed by atoms with Crippen LogP contribution in [0.1, 0.15) is 32.3 Å². The van der Waals surface area contributed by atoms with Gasteiger partial charge in [-0.15, -0.1) is 0 Å². The molecule has 2 aromatic rings. The van der Waals surface area contributed by atoms with E-state index >= 15 is 0 Å². The molecule has 29 heavy (non-hydrogen) atoms. The molecule has 1 N–H and O–H groups in total. The number of hydrogen-bond donors (Lipinski definition) is 1. The Labute approximate surface area is 171 Å². The standard InChI is InChI=1S/C23H28N2O4/c1-4-17(5-2)23(27)24-18-9-10-20-21(14-18)29-15-22(26)25(20)11-12-28-19-8-6-7-16(3)13-19/h6-10,13-14,17H,4-5,11-12,15H2,1-3H3,(H,24,27). The summed E-state index contributed by atoms with van der Waals surface area (Å²) in [5, 5.41) is 2.94. The molecule has 0 bridgehead atoms. The highest BCUT2D eigenvalue weighted by Crippen LogP contribution is 2.34. The molecule has 154 valence electrons. The van der Waals surface area contributed by atoms with E-state index in [1.165, 1.54) is 0 Å². The average molecular weight is 396 g/mol. The lowest BCUT2D eigenvalue weighted by Gasteiger charge is -2.29. The highest BCUT2D eigenvalue weighted by atomic mass is 16.5. The van der Waals surface area contributed by atoms with E-state index in [1.807, 2.05) is 51.1 Å². The predicted molar refractivity (Wildman–Crippen MR) is 114 cm³/mol. The van der Waals surface area contributed by atoms with Crippen LogP contribution in [0.15, 0.2) is 42.5 Å². The first-order chi connectivity index (χ1) is 14.0. The van der Waals surface area contributed by atoms with Crippen LogP contribution in [0.3, 0.4) is 0 Å². The van der Waals surface area contributed by atoms with Crippen LogP contribution >= 0.6 is 0 Å². The maximum absolute atomic E-state index is 12.4. The smallest absolute Gasteiger partial charge is 0.265 e. The van der Waals surface area contributed by atoms with Crippen molar-refractivity contribution < 1.29 is 19.1 Å². The van der Waals surface area contributed by atoms with E-state index in [2.05, 4.69) is 5.32 Å². The Hall–Kier alpha value is -3.02. The van der Waals surface area contributed by atoms with Gasteiger partial charge in [0.05, 0.1) is 12.2 Å². The average Bonchev–Trinajstić information content (AvgIpc) is 2.70. The van der Waals surface area contributed by atoms with Crippen LogP contribution in [0.4, 0.5) is 11.4 Å². The van der Waals surface area contributed by atoms with Gasteiger partial charge in [-0.3, -0.25) is 9.59 Å². The van der Waals surface area contributed by atoms with E-state index in [0.29, 0.717) is 30.3 Å². The molecule has 2 aromatic carbocycles. The van der Waals surface area contributed by atoms with Crippen LogP contribution in [0.2, 0.25) is 0 Å². The summed E-state index contributed by atoms with van der Waals surface area (Å²) in [6, 6.07) is 13.2. The molecule has 0 unspecified atom stereocenters. The van der Waals surface area contributed by atoms with Crippen LogP contribution in [0, 0.1) is 12.8 Å². The number of aryl methyl sites for hydroxylation is 1. The van der Waals surface area contributed by atoms with Gasteiger partial charge in [0.2, 0.25) is 5.91 Å². The highest BCUT2D eigenvalue weighted by molar-refractivity contribution is 5.99. The minimum Gasteiger partial charge on any atom is -0.492 e. The van der Waals surface area contributed by atoms with Crippen molar-refractivity contribution in [3.05, 3.63) is 48.0 Å². The topological polar surface area (TPSA) is 67.9 Å². The Morgan fingerprint density at radius 3 is 2.72 bits per heavy atom. The van der Waals surface area contributed by atoms with Gasteiger partial charge in [-0.05, 0) is 49.6 Å². The number of rotatable bonds is 8. The number of carbonyl (C=O) groups excluding carboxylic acids is 2. The van der Waals surface area contributed by atoms with Gasteiger partial charge in [-0.1, -0.05) is 26.0 Å². The molecule has 6 heteroatoms. The Morgan fingerprint density at radius 2 is 2.00 bits per heavy atom. The van der Waals surface area contributed by atoms with Crippen molar-refractivity contribution in [2.75, 3.05) is 30.0 Å². The Kier molecular flexibility index (Phi) is 6.75. The number of nitrogens with one attached hydrogen (secondary N) is 1. The molecular formula is C23H28N2O4. The number of hydrogen-bond acceptors (Lipinski definition) is 4. The second kappa shape index (κ2) is 9.45. The van der Waals surface area contributed by atoms with Gasteiger partial charge in [-0.25, -0.2) is 0 Å². The summed E-state index contributed by atoms with van der Waals surface area (Å²) in [5.41, 5.74) is 2.49. The van der Waals surface area contributed by atoms with Gasteiger partial charge in [0.15, 0.2) is 6.61 Å². The minimum atomic E-state index is -0.112. The summed E-state index contributed by atoms with van der Waals surface area (Å²) in [7, 11) is 0. The molecule has 0 fully saturated rings. The van der Waals surface area contributed by atoms with Crippen molar-refractivity contribution in [3.63, 3.8) is 0 Å². The molecule has 3 rings (SSSR count). The normalized spacial score (nSPS) is 13.1. The summed E-state index contributed by atoms with van der Waals surface area (Å²) < 4.78 is 11.4.